The van der Waals surface area contributed by atoms with E-state index in [1.54, 1.807) is 15.9 Å². The van der Waals surface area contributed by atoms with Crippen molar-refractivity contribution in [1.82, 2.24) is 24.4 Å². The van der Waals surface area contributed by atoms with Crippen LogP contribution < -0.4 is 5.56 Å². The molecule has 30 heavy (non-hydrogen) atoms. The minimum Gasteiger partial charge on any atom is -0.336 e. The number of aromatic amines is 1. The summed E-state index contributed by atoms with van der Waals surface area (Å²) in [5.74, 6) is 0.0690. The summed E-state index contributed by atoms with van der Waals surface area (Å²) in [4.78, 5) is 36.0. The summed E-state index contributed by atoms with van der Waals surface area (Å²) in [7, 11) is 0. The van der Waals surface area contributed by atoms with Crippen LogP contribution in [0.3, 0.4) is 0 Å². The number of carbonyl (C=O) groups excluding carboxylic acids is 1. The average Bonchev–Trinajstić information content (AvgIpc) is 3.48. The normalized spacial score (nSPS) is 19.7. The Morgan fingerprint density at radius 3 is 3.00 bits per heavy atom. The van der Waals surface area contributed by atoms with Crippen molar-refractivity contribution >= 4 is 22.9 Å². The number of thiophene rings is 1. The number of nitrogens with zero attached hydrogens (tertiary/aromatic N) is 4. The van der Waals surface area contributed by atoms with Crippen LogP contribution in [0.5, 0.6) is 0 Å². The fraction of sp³-hybridized carbons (Fsp3) is 0.500. The molecule has 1 amide bonds. The first-order valence-corrected chi connectivity index (χ1v) is 11.6. The quantitative estimate of drug-likeness (QED) is 0.698. The number of rotatable bonds is 4. The molecule has 1 N–H and O–H groups in total. The van der Waals surface area contributed by atoms with E-state index in [0.717, 1.165) is 42.9 Å². The molecule has 1 fully saturated rings. The molecule has 0 bridgehead atoms. The monoisotopic (exact) mass is 425 g/mol. The van der Waals surface area contributed by atoms with E-state index in [1.165, 1.54) is 4.88 Å². The Hall–Kier alpha value is -2.45. The summed E-state index contributed by atoms with van der Waals surface area (Å²) >= 11 is 1.78. The molecule has 7 nitrogen and oxygen atoms in total. The number of amides is 1. The molecule has 1 unspecified atom stereocenters. The van der Waals surface area contributed by atoms with E-state index < -0.39 is 0 Å². The van der Waals surface area contributed by atoms with E-state index in [1.807, 2.05) is 24.8 Å². The molecule has 0 saturated carbocycles. The fourth-order valence-electron chi connectivity index (χ4n) is 4.71. The number of hydrogen-bond acceptors (Lipinski definition) is 5. The van der Waals surface area contributed by atoms with Crippen LogP contribution in [-0.2, 0) is 24.3 Å². The number of aromatic nitrogens is 3. The second-order valence-electron chi connectivity index (χ2n) is 8.62. The van der Waals surface area contributed by atoms with Crippen LogP contribution in [0, 0.1) is 5.92 Å². The van der Waals surface area contributed by atoms with Crippen molar-refractivity contribution in [2.75, 3.05) is 13.1 Å². The SMILES string of the molecule is CC(C)C(=O)N1CCc2c(nc3cc(C4CCCN4Cc4cccs4)[nH]n3c2=O)C1. The summed E-state index contributed by atoms with van der Waals surface area (Å²) in [6, 6.07) is 6.55. The van der Waals surface area contributed by atoms with Crippen molar-refractivity contribution in [3.63, 3.8) is 0 Å². The Morgan fingerprint density at radius 2 is 2.23 bits per heavy atom. The number of fused-ring (bicyclic) bond motifs is 2. The van der Waals surface area contributed by atoms with Crippen LogP contribution in [0.15, 0.2) is 28.4 Å². The number of likely N-dealkylation sites (tertiary alicyclic amines) is 1. The highest BCUT2D eigenvalue weighted by Gasteiger charge is 2.30. The minimum absolute atomic E-state index is 0.0271. The lowest BCUT2D eigenvalue weighted by Gasteiger charge is -2.29. The van der Waals surface area contributed by atoms with E-state index in [9.17, 15) is 9.59 Å². The molecule has 2 aliphatic heterocycles. The van der Waals surface area contributed by atoms with E-state index in [-0.39, 0.29) is 23.4 Å². The average molecular weight is 426 g/mol. The number of carbonyl (C=O) groups is 1. The Balaban J connectivity index is 1.46. The molecule has 0 spiro atoms. The molecular formula is C22H27N5O2S. The van der Waals surface area contributed by atoms with Crippen LogP contribution >= 0.6 is 11.3 Å². The number of hydrogen-bond donors (Lipinski definition) is 1. The molecule has 8 heteroatoms. The molecule has 0 aliphatic carbocycles. The standard InChI is InChI=1S/C22H27N5O2S/c1-14(2)21(28)26-9-7-16-18(13-26)23-20-11-17(24-27(20)22(16)29)19-6-3-8-25(19)12-15-5-4-10-30-15/h4-5,10-11,14,19,24H,3,6-9,12-13H2,1-2H3. The van der Waals surface area contributed by atoms with Crippen LogP contribution in [0.4, 0.5) is 0 Å². The van der Waals surface area contributed by atoms with Gasteiger partial charge in [-0.2, -0.15) is 0 Å². The highest BCUT2D eigenvalue weighted by molar-refractivity contribution is 7.09. The number of nitrogens with one attached hydrogen (secondary N) is 1. The molecule has 5 heterocycles. The zero-order valence-electron chi connectivity index (χ0n) is 17.4. The van der Waals surface area contributed by atoms with Crippen LogP contribution in [-0.4, -0.2) is 43.4 Å². The molecule has 1 saturated heterocycles. The van der Waals surface area contributed by atoms with Crippen LogP contribution in [0.1, 0.15) is 54.6 Å². The molecule has 5 rings (SSSR count). The maximum Gasteiger partial charge on any atom is 0.276 e. The zero-order chi connectivity index (χ0) is 20.8. The first-order chi connectivity index (χ1) is 14.5. The highest BCUT2D eigenvalue weighted by atomic mass is 32.1. The molecule has 3 aromatic rings. The van der Waals surface area contributed by atoms with Crippen molar-refractivity contribution in [2.45, 2.75) is 52.2 Å². The van der Waals surface area contributed by atoms with Crippen molar-refractivity contribution in [2.24, 2.45) is 5.92 Å². The Morgan fingerprint density at radius 1 is 1.37 bits per heavy atom. The van der Waals surface area contributed by atoms with E-state index in [0.29, 0.717) is 25.2 Å². The third kappa shape index (κ3) is 3.37. The Kier molecular flexibility index (Phi) is 4.99. The molecule has 158 valence electrons. The van der Waals surface area contributed by atoms with Crippen LogP contribution in [0.2, 0.25) is 0 Å². The van der Waals surface area contributed by atoms with Crippen molar-refractivity contribution in [3.8, 4) is 0 Å². The lowest BCUT2D eigenvalue weighted by Crippen LogP contribution is -2.41. The maximum absolute atomic E-state index is 13.1. The lowest BCUT2D eigenvalue weighted by molar-refractivity contribution is -0.135. The lowest BCUT2D eigenvalue weighted by atomic mass is 10.0. The molecule has 0 radical (unpaired) electrons. The van der Waals surface area contributed by atoms with Gasteiger partial charge in [0.15, 0.2) is 5.65 Å². The van der Waals surface area contributed by atoms with Gasteiger partial charge >= 0.3 is 0 Å². The van der Waals surface area contributed by atoms with E-state index in [2.05, 4.69) is 27.5 Å². The largest absolute Gasteiger partial charge is 0.336 e. The molecule has 1 atom stereocenters. The summed E-state index contributed by atoms with van der Waals surface area (Å²) in [6.45, 7) is 6.81. The smallest absolute Gasteiger partial charge is 0.276 e. The minimum atomic E-state index is -0.0491. The van der Waals surface area contributed by atoms with Gasteiger partial charge in [-0.05, 0) is 37.3 Å². The van der Waals surface area contributed by atoms with Gasteiger partial charge in [0.1, 0.15) is 0 Å². The van der Waals surface area contributed by atoms with Crippen LogP contribution in [0.25, 0.3) is 5.65 Å². The molecule has 2 aliphatic rings. The molecule has 0 aromatic carbocycles. The highest BCUT2D eigenvalue weighted by Crippen LogP contribution is 2.33. The summed E-state index contributed by atoms with van der Waals surface area (Å²) < 4.78 is 1.59. The molecule has 3 aromatic heterocycles. The summed E-state index contributed by atoms with van der Waals surface area (Å²) in [6.07, 6.45) is 2.78. The van der Waals surface area contributed by atoms with Gasteiger partial charge in [0, 0.05) is 35.5 Å². The first kappa shape index (κ1) is 19.5. The Labute approximate surface area is 179 Å². The Bertz CT molecular complexity index is 1130. The fourth-order valence-corrected chi connectivity index (χ4v) is 5.44. The van der Waals surface area contributed by atoms with Gasteiger partial charge in [-0.1, -0.05) is 19.9 Å². The van der Waals surface area contributed by atoms with Crippen molar-refractivity contribution in [3.05, 3.63) is 55.8 Å². The van der Waals surface area contributed by atoms with Gasteiger partial charge < -0.3 is 4.90 Å². The topological polar surface area (TPSA) is 73.7 Å². The second-order valence-corrected chi connectivity index (χ2v) is 9.65. The van der Waals surface area contributed by atoms with Gasteiger partial charge in [-0.25, -0.2) is 9.50 Å². The number of H-pyrrole nitrogens is 1. The predicted octanol–water partition coefficient (Wildman–Crippen LogP) is 2.96. The second kappa shape index (κ2) is 7.67. The third-order valence-corrected chi connectivity index (χ3v) is 7.11. The van der Waals surface area contributed by atoms with Gasteiger partial charge in [-0.15, -0.1) is 11.3 Å². The first-order valence-electron chi connectivity index (χ1n) is 10.7. The van der Waals surface area contributed by atoms with Gasteiger partial charge in [0.05, 0.1) is 24.0 Å². The van der Waals surface area contributed by atoms with Gasteiger partial charge in [0.25, 0.3) is 5.56 Å². The van der Waals surface area contributed by atoms with E-state index >= 15 is 0 Å². The van der Waals surface area contributed by atoms with Crippen molar-refractivity contribution in [1.29, 1.82) is 0 Å². The van der Waals surface area contributed by atoms with E-state index in [4.69, 9.17) is 4.98 Å². The molecular weight excluding hydrogens is 398 g/mol. The van der Waals surface area contributed by atoms with Gasteiger partial charge in [-0.3, -0.25) is 19.6 Å². The third-order valence-electron chi connectivity index (χ3n) is 6.25. The van der Waals surface area contributed by atoms with Crippen molar-refractivity contribution < 1.29 is 4.79 Å². The maximum atomic E-state index is 13.1. The summed E-state index contributed by atoms with van der Waals surface area (Å²) in [5, 5.41) is 5.46. The zero-order valence-corrected chi connectivity index (χ0v) is 18.2. The van der Waals surface area contributed by atoms with Gasteiger partial charge in [0.2, 0.25) is 5.91 Å². The summed E-state index contributed by atoms with van der Waals surface area (Å²) in [5.41, 5.74) is 3.14. The predicted molar refractivity (Wildman–Crippen MR) is 116 cm³/mol.